The van der Waals surface area contributed by atoms with E-state index in [4.69, 9.17) is 21.0 Å². The molecule has 140 valence electrons. The van der Waals surface area contributed by atoms with Gasteiger partial charge < -0.3 is 20.9 Å². The third-order valence-corrected chi connectivity index (χ3v) is 3.23. The number of carboxylic acids is 1. The van der Waals surface area contributed by atoms with E-state index < -0.39 is 30.3 Å². The number of hydrogen-bond acceptors (Lipinski definition) is 5. The van der Waals surface area contributed by atoms with E-state index in [1.165, 1.54) is 30.3 Å². The van der Waals surface area contributed by atoms with Crippen molar-refractivity contribution in [1.29, 1.82) is 5.41 Å². The number of amides is 3. The number of halogens is 1. The molecule has 0 fully saturated rings. The second kappa shape index (κ2) is 8.43. The Balaban J connectivity index is 1.96. The van der Waals surface area contributed by atoms with Crippen molar-refractivity contribution in [3.05, 3.63) is 59.4 Å². The molecule has 0 saturated heterocycles. The summed E-state index contributed by atoms with van der Waals surface area (Å²) in [6, 6.07) is 8.17. The maximum Gasteiger partial charge on any atom is 0.341 e. The highest BCUT2D eigenvalue weighted by Gasteiger charge is 2.12. The van der Waals surface area contributed by atoms with Gasteiger partial charge in [0.05, 0.1) is 0 Å². The van der Waals surface area contributed by atoms with Crippen LogP contribution in [0.2, 0.25) is 0 Å². The third kappa shape index (κ3) is 5.53. The summed E-state index contributed by atoms with van der Waals surface area (Å²) < 4.78 is 18.5. The highest BCUT2D eigenvalue weighted by atomic mass is 19.1. The SMILES string of the molecule is N=C(N)c1ccc(C(=O)NC(=O)Nc2ccc(OCC(=O)O)c(F)c2)cc1. The maximum atomic E-state index is 13.8. The second-order valence-corrected chi connectivity index (χ2v) is 5.23. The van der Waals surface area contributed by atoms with Crippen LogP contribution in [-0.2, 0) is 4.79 Å². The van der Waals surface area contributed by atoms with Crippen LogP contribution in [-0.4, -0.2) is 35.5 Å². The molecule has 10 heteroatoms. The van der Waals surface area contributed by atoms with E-state index in [2.05, 4.69) is 10.6 Å². The molecule has 0 aromatic heterocycles. The molecule has 0 bridgehead atoms. The van der Waals surface area contributed by atoms with Crippen LogP contribution in [0.25, 0.3) is 0 Å². The largest absolute Gasteiger partial charge is 0.479 e. The number of benzene rings is 2. The lowest BCUT2D eigenvalue weighted by Gasteiger charge is -2.09. The predicted molar refractivity (Wildman–Crippen MR) is 93.5 cm³/mol. The van der Waals surface area contributed by atoms with Gasteiger partial charge in [-0.25, -0.2) is 14.0 Å². The smallest absolute Gasteiger partial charge is 0.341 e. The third-order valence-electron chi connectivity index (χ3n) is 3.23. The van der Waals surface area contributed by atoms with Gasteiger partial charge in [0, 0.05) is 22.9 Å². The number of nitrogens with one attached hydrogen (secondary N) is 3. The number of urea groups is 1. The molecular weight excluding hydrogens is 359 g/mol. The van der Waals surface area contributed by atoms with E-state index in [0.717, 1.165) is 12.1 Å². The van der Waals surface area contributed by atoms with Crippen molar-refractivity contribution in [2.75, 3.05) is 11.9 Å². The van der Waals surface area contributed by atoms with E-state index in [-0.39, 0.29) is 22.8 Å². The summed E-state index contributed by atoms with van der Waals surface area (Å²) in [5.41, 5.74) is 5.94. The van der Waals surface area contributed by atoms with Gasteiger partial charge in [-0.3, -0.25) is 15.5 Å². The molecular formula is C17H15FN4O5. The Morgan fingerprint density at radius 1 is 1.11 bits per heavy atom. The molecule has 3 amide bonds. The highest BCUT2D eigenvalue weighted by Crippen LogP contribution is 2.21. The van der Waals surface area contributed by atoms with E-state index in [9.17, 15) is 18.8 Å². The van der Waals surface area contributed by atoms with E-state index in [1.54, 1.807) is 0 Å². The summed E-state index contributed by atoms with van der Waals surface area (Å²) >= 11 is 0. The van der Waals surface area contributed by atoms with Gasteiger partial charge in [-0.15, -0.1) is 0 Å². The average molecular weight is 374 g/mol. The van der Waals surface area contributed by atoms with Crippen molar-refractivity contribution in [3.63, 3.8) is 0 Å². The standard InChI is InChI=1S/C17H15FN4O5/c18-12-7-11(5-6-13(12)27-8-14(23)24)21-17(26)22-16(25)10-3-1-9(2-4-10)15(19)20/h1-7H,8H2,(H3,19,20)(H,23,24)(H2,21,22,25,26). The van der Waals surface area contributed by atoms with Crippen molar-refractivity contribution < 1.29 is 28.6 Å². The van der Waals surface area contributed by atoms with Crippen LogP contribution < -0.4 is 21.1 Å². The Bertz CT molecular complexity index is 899. The lowest BCUT2D eigenvalue weighted by molar-refractivity contribution is -0.139. The number of nitrogens with two attached hydrogens (primary N) is 1. The molecule has 0 radical (unpaired) electrons. The number of anilines is 1. The molecule has 27 heavy (non-hydrogen) atoms. The monoisotopic (exact) mass is 374 g/mol. The summed E-state index contributed by atoms with van der Waals surface area (Å²) in [6.07, 6.45) is 0. The minimum atomic E-state index is -1.26. The number of ether oxygens (including phenoxy) is 1. The molecule has 9 nitrogen and oxygen atoms in total. The van der Waals surface area contributed by atoms with Crippen molar-refractivity contribution >= 4 is 29.4 Å². The number of hydrogen-bond donors (Lipinski definition) is 5. The number of imide groups is 1. The molecule has 0 spiro atoms. The number of carbonyl (C=O) groups is 3. The first-order valence-corrected chi connectivity index (χ1v) is 7.47. The zero-order valence-corrected chi connectivity index (χ0v) is 13.8. The summed E-state index contributed by atoms with van der Waals surface area (Å²) in [6.45, 7) is -0.707. The Hall–Kier alpha value is -3.95. The Kier molecular flexibility index (Phi) is 6.05. The first-order chi connectivity index (χ1) is 12.8. The molecule has 2 rings (SSSR count). The number of amidine groups is 1. The number of aliphatic carboxylic acids is 1. The van der Waals surface area contributed by atoms with Gasteiger partial charge in [-0.05, 0) is 24.3 Å². The zero-order chi connectivity index (χ0) is 20.0. The topological polar surface area (TPSA) is 155 Å². The molecule has 0 heterocycles. The van der Waals surface area contributed by atoms with Crippen molar-refractivity contribution in [1.82, 2.24) is 5.32 Å². The number of nitrogen functional groups attached to an aromatic ring is 1. The fourth-order valence-electron chi connectivity index (χ4n) is 1.97. The second-order valence-electron chi connectivity index (χ2n) is 5.23. The normalized spacial score (nSPS) is 9.96. The van der Waals surface area contributed by atoms with Crippen LogP contribution in [0.3, 0.4) is 0 Å². The quantitative estimate of drug-likeness (QED) is 0.381. The van der Waals surface area contributed by atoms with Crippen molar-refractivity contribution in [3.8, 4) is 5.75 Å². The fourth-order valence-corrected chi connectivity index (χ4v) is 1.97. The molecule has 0 aliphatic carbocycles. The van der Waals surface area contributed by atoms with Crippen LogP contribution in [0.1, 0.15) is 15.9 Å². The molecule has 2 aromatic rings. The lowest BCUT2D eigenvalue weighted by Crippen LogP contribution is -2.34. The fraction of sp³-hybridized carbons (Fsp3) is 0.0588. The van der Waals surface area contributed by atoms with Gasteiger partial charge in [0.15, 0.2) is 18.2 Å². The number of carboxylic acid groups (broad SMARTS) is 1. The molecule has 0 aliphatic rings. The summed E-state index contributed by atoms with van der Waals surface area (Å²) in [5, 5.41) is 20.1. The molecule has 0 saturated carbocycles. The maximum absolute atomic E-state index is 13.8. The Morgan fingerprint density at radius 2 is 1.74 bits per heavy atom. The lowest BCUT2D eigenvalue weighted by atomic mass is 10.1. The minimum absolute atomic E-state index is 0.0346. The molecule has 0 atom stereocenters. The first kappa shape index (κ1) is 19.4. The van der Waals surface area contributed by atoms with Gasteiger partial charge in [-0.2, -0.15) is 0 Å². The zero-order valence-electron chi connectivity index (χ0n) is 13.8. The Morgan fingerprint density at radius 3 is 2.30 bits per heavy atom. The van der Waals surface area contributed by atoms with Gasteiger partial charge in [-0.1, -0.05) is 12.1 Å². The van der Waals surface area contributed by atoms with Crippen LogP contribution in [0.4, 0.5) is 14.9 Å². The summed E-state index contributed by atoms with van der Waals surface area (Å²) in [7, 11) is 0. The Labute approximate surface area is 152 Å². The molecule has 0 unspecified atom stereocenters. The van der Waals surface area contributed by atoms with Gasteiger partial charge in [0.1, 0.15) is 5.84 Å². The van der Waals surface area contributed by atoms with Crippen molar-refractivity contribution in [2.45, 2.75) is 0 Å². The van der Waals surface area contributed by atoms with Crippen LogP contribution in [0, 0.1) is 11.2 Å². The van der Waals surface area contributed by atoms with Gasteiger partial charge in [0.2, 0.25) is 0 Å². The molecule has 6 N–H and O–H groups in total. The average Bonchev–Trinajstić information content (AvgIpc) is 2.60. The minimum Gasteiger partial charge on any atom is -0.479 e. The number of rotatable bonds is 6. The first-order valence-electron chi connectivity index (χ1n) is 7.47. The van der Waals surface area contributed by atoms with Crippen LogP contribution in [0.15, 0.2) is 42.5 Å². The van der Waals surface area contributed by atoms with Crippen molar-refractivity contribution in [2.24, 2.45) is 5.73 Å². The number of carbonyl (C=O) groups excluding carboxylic acids is 2. The van der Waals surface area contributed by atoms with E-state index >= 15 is 0 Å². The van der Waals surface area contributed by atoms with E-state index in [1.807, 2.05) is 0 Å². The highest BCUT2D eigenvalue weighted by molar-refractivity contribution is 6.08. The van der Waals surface area contributed by atoms with E-state index in [0.29, 0.717) is 5.56 Å². The molecule has 2 aromatic carbocycles. The summed E-state index contributed by atoms with van der Waals surface area (Å²) in [5.74, 6) is -3.28. The molecule has 0 aliphatic heterocycles. The van der Waals surface area contributed by atoms with Gasteiger partial charge in [0.25, 0.3) is 5.91 Å². The summed E-state index contributed by atoms with van der Waals surface area (Å²) in [4.78, 5) is 34.3. The van der Waals surface area contributed by atoms with Crippen LogP contribution in [0.5, 0.6) is 5.75 Å². The van der Waals surface area contributed by atoms with Crippen LogP contribution >= 0.6 is 0 Å². The predicted octanol–water partition coefficient (Wildman–Crippen LogP) is 1.54. The van der Waals surface area contributed by atoms with Gasteiger partial charge >= 0.3 is 12.0 Å².